The fourth-order valence-electron chi connectivity index (χ4n) is 12.4. The van der Waals surface area contributed by atoms with Gasteiger partial charge in [-0.1, -0.05) is 239 Å². The topological polar surface area (TPSA) is 0 Å². The predicted molar refractivity (Wildman–Crippen MR) is 312 cm³/mol. The smallest absolute Gasteiger partial charge is 0.0162 e. The molecule has 0 heteroatoms. The quantitative estimate of drug-likeness (QED) is 0.0800. The lowest BCUT2D eigenvalue weighted by Gasteiger charge is -2.29. The van der Waals surface area contributed by atoms with Gasteiger partial charge in [0.05, 0.1) is 0 Å². The molecule has 0 atom stereocenters. The van der Waals surface area contributed by atoms with Crippen molar-refractivity contribution in [1.29, 1.82) is 0 Å². The van der Waals surface area contributed by atoms with Crippen LogP contribution >= 0.6 is 0 Å². The van der Waals surface area contributed by atoms with Crippen LogP contribution in [0.1, 0.15) is 221 Å². The summed E-state index contributed by atoms with van der Waals surface area (Å²) >= 11 is 0. The Balaban J connectivity index is 0.000000157. The Morgan fingerprint density at radius 2 is 0.592 bits per heavy atom. The maximum absolute atomic E-state index is 2.38. The van der Waals surface area contributed by atoms with Crippen molar-refractivity contribution in [1.82, 2.24) is 0 Å². The van der Waals surface area contributed by atoms with Crippen LogP contribution in [-0.2, 0) is 19.3 Å². The number of hydrogen-bond acceptors (Lipinski definition) is 0. The van der Waals surface area contributed by atoms with E-state index in [0.29, 0.717) is 0 Å². The number of unbranched alkanes of at least 4 members (excludes halogenated alkanes) is 2. The van der Waals surface area contributed by atoms with Crippen LogP contribution in [0.25, 0.3) is 33.4 Å². The monoisotopic (exact) mass is 947 g/mol. The molecule has 0 unspecified atom stereocenters. The Morgan fingerprint density at radius 3 is 0.887 bits per heavy atom. The van der Waals surface area contributed by atoms with Crippen molar-refractivity contribution in [3.8, 4) is 33.4 Å². The highest BCUT2D eigenvalue weighted by atomic mass is 14.3. The van der Waals surface area contributed by atoms with Crippen molar-refractivity contribution in [2.45, 2.75) is 207 Å². The Bertz CT molecular complexity index is 2320. The number of benzene rings is 6. The third-order valence-corrected chi connectivity index (χ3v) is 17.4. The second-order valence-electron chi connectivity index (χ2n) is 22.3. The molecule has 378 valence electrons. The van der Waals surface area contributed by atoms with E-state index in [1.807, 2.05) is 0 Å². The average Bonchev–Trinajstić information content (AvgIpc) is 3.44. The molecule has 6 aromatic carbocycles. The zero-order chi connectivity index (χ0) is 49.6. The highest BCUT2D eigenvalue weighted by molar-refractivity contribution is 5.66. The van der Waals surface area contributed by atoms with Gasteiger partial charge in [0.2, 0.25) is 0 Å². The van der Waals surface area contributed by atoms with Crippen LogP contribution < -0.4 is 0 Å². The SMILES string of the molecule is CCCC1CCC(c2ccc(-c3ccc(CC)cc3)cc2)CC1.CCCCCC1CCC(c2ccc(-c3ccc(CC)cc3)cc2)CC1.CCCc1ccc(-c2ccc(C3CCC(CC)CC3)cc2)cc1. The Kier molecular flexibility index (Phi) is 22.2. The van der Waals surface area contributed by atoms with E-state index in [1.54, 1.807) is 16.7 Å². The molecule has 6 aromatic rings. The lowest BCUT2D eigenvalue weighted by molar-refractivity contribution is 0.303. The molecule has 0 radical (unpaired) electrons. The molecule has 0 saturated heterocycles. The molecule has 3 fully saturated rings. The van der Waals surface area contributed by atoms with Gasteiger partial charge in [0.25, 0.3) is 0 Å². The summed E-state index contributed by atoms with van der Waals surface area (Å²) in [5, 5.41) is 0. The van der Waals surface area contributed by atoms with Crippen LogP contribution in [-0.4, -0.2) is 0 Å². The van der Waals surface area contributed by atoms with Crippen molar-refractivity contribution >= 4 is 0 Å². The van der Waals surface area contributed by atoms with Gasteiger partial charge in [0.1, 0.15) is 0 Å². The standard InChI is InChI=1S/C25H34.2C23H30/c1-3-5-6-7-21-10-14-23(15-11-21)25-18-16-24(17-19-25)22-12-8-20(4-2)9-13-22;2*1-3-5-19-8-12-21(13-9-19)23-16-14-22(15-17-23)20-10-6-18(4-2)7-11-20/h8-9,12-13,16-19,21,23H,3-7,10-11,14-15H2,1-2H3;8-9,12-18,20H,3-7,10-11H2,1-2H3;6-7,10-11,14-17,19,21H,3-5,8-9,12-13H2,1-2H3. The van der Waals surface area contributed by atoms with E-state index < -0.39 is 0 Å². The minimum absolute atomic E-state index is 0.791. The minimum Gasteiger partial charge on any atom is -0.0654 e. The molecule has 0 aliphatic heterocycles. The second kappa shape index (κ2) is 29.1. The summed E-state index contributed by atoms with van der Waals surface area (Å²) in [4.78, 5) is 0. The van der Waals surface area contributed by atoms with Gasteiger partial charge in [-0.15, -0.1) is 0 Å². The summed E-state index contributed by atoms with van der Waals surface area (Å²) in [5.41, 5.74) is 17.0. The van der Waals surface area contributed by atoms with Crippen LogP contribution in [0.5, 0.6) is 0 Å². The van der Waals surface area contributed by atoms with Gasteiger partial charge in [-0.05, 0) is 199 Å². The van der Waals surface area contributed by atoms with Crippen molar-refractivity contribution in [3.05, 3.63) is 179 Å². The van der Waals surface area contributed by atoms with Crippen LogP contribution in [0.15, 0.2) is 146 Å². The third kappa shape index (κ3) is 16.4. The van der Waals surface area contributed by atoms with E-state index in [1.165, 1.54) is 185 Å². The molecule has 0 bridgehead atoms. The van der Waals surface area contributed by atoms with E-state index in [0.717, 1.165) is 48.3 Å². The predicted octanol–water partition coefficient (Wildman–Crippen LogP) is 21.7. The van der Waals surface area contributed by atoms with Gasteiger partial charge in [-0.2, -0.15) is 0 Å². The first-order chi connectivity index (χ1) is 34.9. The van der Waals surface area contributed by atoms with E-state index in [2.05, 4.69) is 187 Å². The van der Waals surface area contributed by atoms with Crippen molar-refractivity contribution in [2.24, 2.45) is 17.8 Å². The zero-order valence-corrected chi connectivity index (χ0v) is 45.6. The van der Waals surface area contributed by atoms with Gasteiger partial charge in [-0.25, -0.2) is 0 Å². The highest BCUT2D eigenvalue weighted by Crippen LogP contribution is 2.41. The van der Waals surface area contributed by atoms with Gasteiger partial charge >= 0.3 is 0 Å². The van der Waals surface area contributed by atoms with Crippen LogP contribution in [0, 0.1) is 17.8 Å². The normalized spacial score (nSPS) is 21.0. The lowest BCUT2D eigenvalue weighted by atomic mass is 9.77. The average molecular weight is 948 g/mol. The molecular weight excluding hydrogens is 853 g/mol. The Morgan fingerprint density at radius 1 is 0.282 bits per heavy atom. The Labute approximate surface area is 434 Å². The fourth-order valence-corrected chi connectivity index (χ4v) is 12.4. The van der Waals surface area contributed by atoms with E-state index in [9.17, 15) is 0 Å². The van der Waals surface area contributed by atoms with Crippen LogP contribution in [0.3, 0.4) is 0 Å². The lowest BCUT2D eigenvalue weighted by Crippen LogP contribution is -2.13. The Hall–Kier alpha value is -4.68. The highest BCUT2D eigenvalue weighted by Gasteiger charge is 2.24. The molecule has 0 spiro atoms. The number of hydrogen-bond donors (Lipinski definition) is 0. The number of aryl methyl sites for hydroxylation is 3. The summed E-state index contributed by atoms with van der Waals surface area (Å²) in [7, 11) is 0. The fraction of sp³-hybridized carbons (Fsp3) is 0.493. The largest absolute Gasteiger partial charge is 0.0654 e. The molecule has 71 heavy (non-hydrogen) atoms. The van der Waals surface area contributed by atoms with Gasteiger partial charge < -0.3 is 0 Å². The summed E-state index contributed by atoms with van der Waals surface area (Å²) in [5.74, 6) is 5.34. The molecule has 3 saturated carbocycles. The van der Waals surface area contributed by atoms with E-state index >= 15 is 0 Å². The van der Waals surface area contributed by atoms with Gasteiger partial charge in [-0.3, -0.25) is 0 Å². The van der Waals surface area contributed by atoms with Gasteiger partial charge in [0.15, 0.2) is 0 Å². The van der Waals surface area contributed by atoms with E-state index in [-0.39, 0.29) is 0 Å². The first kappa shape index (κ1) is 54.1. The summed E-state index contributed by atoms with van der Waals surface area (Å²) in [6, 6.07) is 55.3. The van der Waals surface area contributed by atoms with E-state index in [4.69, 9.17) is 0 Å². The molecule has 0 N–H and O–H groups in total. The maximum Gasteiger partial charge on any atom is -0.0162 e. The van der Waals surface area contributed by atoms with Crippen molar-refractivity contribution in [2.75, 3.05) is 0 Å². The molecule has 3 aliphatic rings. The molecule has 9 rings (SSSR count). The van der Waals surface area contributed by atoms with Crippen molar-refractivity contribution < 1.29 is 0 Å². The minimum atomic E-state index is 0.791. The second-order valence-corrected chi connectivity index (χ2v) is 22.3. The summed E-state index contributed by atoms with van der Waals surface area (Å²) < 4.78 is 0. The molecule has 0 nitrogen and oxygen atoms in total. The maximum atomic E-state index is 2.38. The van der Waals surface area contributed by atoms with Crippen LogP contribution in [0.2, 0.25) is 0 Å². The van der Waals surface area contributed by atoms with Crippen LogP contribution in [0.4, 0.5) is 0 Å². The number of rotatable bonds is 17. The first-order valence-corrected chi connectivity index (χ1v) is 29.5. The summed E-state index contributed by atoms with van der Waals surface area (Å²) in [6.45, 7) is 13.6. The molecule has 0 amide bonds. The molecular formula is C71H94. The van der Waals surface area contributed by atoms with Gasteiger partial charge in [0, 0.05) is 0 Å². The first-order valence-electron chi connectivity index (χ1n) is 29.5. The molecule has 0 heterocycles. The summed E-state index contributed by atoms with van der Waals surface area (Å²) in [6.07, 6.45) is 31.3. The molecule has 3 aliphatic carbocycles. The molecule has 0 aromatic heterocycles. The van der Waals surface area contributed by atoms with Crippen molar-refractivity contribution in [3.63, 3.8) is 0 Å². The zero-order valence-electron chi connectivity index (χ0n) is 45.6. The third-order valence-electron chi connectivity index (χ3n) is 17.4.